The van der Waals surface area contributed by atoms with Crippen molar-refractivity contribution in [3.8, 4) is 5.69 Å². The van der Waals surface area contributed by atoms with Gasteiger partial charge in [0.1, 0.15) is 5.82 Å². The van der Waals surface area contributed by atoms with E-state index in [1.54, 1.807) is 6.92 Å². The SMILES string of the molecule is Cc1c(C(=O)NCCCN2CCNCC2)nnn1-c1ccc(F)c(Cl)c1.Cl. The molecule has 0 atom stereocenters. The quantitative estimate of drug-likeness (QED) is 0.702. The van der Waals surface area contributed by atoms with Gasteiger partial charge < -0.3 is 15.5 Å². The molecule has 2 N–H and O–H groups in total. The van der Waals surface area contributed by atoms with Gasteiger partial charge in [-0.25, -0.2) is 9.07 Å². The van der Waals surface area contributed by atoms with E-state index in [4.69, 9.17) is 11.6 Å². The van der Waals surface area contributed by atoms with Crippen molar-refractivity contribution in [3.05, 3.63) is 40.4 Å². The van der Waals surface area contributed by atoms with Gasteiger partial charge in [0.15, 0.2) is 5.69 Å². The number of rotatable bonds is 6. The lowest BCUT2D eigenvalue weighted by atomic mass is 10.2. The molecule has 10 heteroatoms. The zero-order chi connectivity index (χ0) is 18.5. The van der Waals surface area contributed by atoms with E-state index in [2.05, 4.69) is 25.8 Å². The topological polar surface area (TPSA) is 75.1 Å². The zero-order valence-corrected chi connectivity index (χ0v) is 16.6. The number of nitrogens with zero attached hydrogens (tertiary/aromatic N) is 4. The van der Waals surface area contributed by atoms with E-state index in [0.717, 1.165) is 39.1 Å². The number of nitrogens with one attached hydrogen (secondary N) is 2. The number of hydrogen-bond acceptors (Lipinski definition) is 5. The molecule has 2 heterocycles. The van der Waals surface area contributed by atoms with E-state index >= 15 is 0 Å². The number of amides is 1. The average Bonchev–Trinajstić information content (AvgIpc) is 3.03. The molecule has 0 aliphatic carbocycles. The van der Waals surface area contributed by atoms with Gasteiger partial charge in [-0.15, -0.1) is 17.5 Å². The minimum atomic E-state index is -0.504. The lowest BCUT2D eigenvalue weighted by molar-refractivity contribution is 0.0945. The summed E-state index contributed by atoms with van der Waals surface area (Å²) in [5.74, 6) is -0.766. The van der Waals surface area contributed by atoms with E-state index in [1.165, 1.54) is 22.9 Å². The van der Waals surface area contributed by atoms with E-state index in [-0.39, 0.29) is 29.0 Å². The first-order valence-electron chi connectivity index (χ1n) is 8.65. The van der Waals surface area contributed by atoms with Crippen LogP contribution in [0.5, 0.6) is 0 Å². The molecule has 1 amide bonds. The number of aromatic nitrogens is 3. The summed E-state index contributed by atoms with van der Waals surface area (Å²) in [6, 6.07) is 4.25. The van der Waals surface area contributed by atoms with E-state index < -0.39 is 5.82 Å². The Morgan fingerprint density at radius 3 is 2.81 bits per heavy atom. The third kappa shape index (κ3) is 5.38. The molecule has 148 valence electrons. The fraction of sp³-hybridized carbons (Fsp3) is 0.471. The summed E-state index contributed by atoms with van der Waals surface area (Å²) in [5, 5.41) is 14.1. The first-order chi connectivity index (χ1) is 12.6. The summed E-state index contributed by atoms with van der Waals surface area (Å²) in [7, 11) is 0. The van der Waals surface area contributed by atoms with Gasteiger partial charge in [0.25, 0.3) is 5.91 Å². The molecule has 1 aromatic carbocycles. The van der Waals surface area contributed by atoms with Crippen LogP contribution in [0.25, 0.3) is 5.69 Å². The van der Waals surface area contributed by atoms with Gasteiger partial charge in [-0.05, 0) is 38.1 Å². The minimum Gasteiger partial charge on any atom is -0.351 e. The summed E-state index contributed by atoms with van der Waals surface area (Å²) < 4.78 is 14.8. The van der Waals surface area contributed by atoms with Gasteiger partial charge >= 0.3 is 0 Å². The number of halogens is 3. The Hall–Kier alpha value is -1.74. The van der Waals surface area contributed by atoms with Gasteiger partial charge in [0.2, 0.25) is 0 Å². The predicted octanol–water partition coefficient (Wildman–Crippen LogP) is 1.82. The molecule has 0 spiro atoms. The highest BCUT2D eigenvalue weighted by Crippen LogP contribution is 2.20. The summed E-state index contributed by atoms with van der Waals surface area (Å²) in [6.45, 7) is 7.40. The number of carbonyl (C=O) groups excluding carboxylic acids is 1. The van der Waals surface area contributed by atoms with Crippen LogP contribution in [0, 0.1) is 12.7 Å². The number of piperazine rings is 1. The summed E-state index contributed by atoms with van der Waals surface area (Å²) in [6.07, 6.45) is 0.881. The summed E-state index contributed by atoms with van der Waals surface area (Å²) in [5.41, 5.74) is 1.39. The maximum Gasteiger partial charge on any atom is 0.273 e. The second kappa shape index (κ2) is 9.98. The Morgan fingerprint density at radius 1 is 1.37 bits per heavy atom. The average molecular weight is 417 g/mol. The minimum absolute atomic E-state index is 0. The highest BCUT2D eigenvalue weighted by Gasteiger charge is 2.18. The highest BCUT2D eigenvalue weighted by molar-refractivity contribution is 6.30. The lowest BCUT2D eigenvalue weighted by Crippen LogP contribution is -2.44. The van der Waals surface area contributed by atoms with Crippen molar-refractivity contribution in [2.24, 2.45) is 0 Å². The van der Waals surface area contributed by atoms with Crippen LogP contribution in [0.3, 0.4) is 0 Å². The largest absolute Gasteiger partial charge is 0.351 e. The molecule has 0 unspecified atom stereocenters. The second-order valence-electron chi connectivity index (χ2n) is 6.23. The Labute approximate surface area is 168 Å². The monoisotopic (exact) mass is 416 g/mol. The maximum atomic E-state index is 13.3. The Bertz CT molecular complexity index is 779. The van der Waals surface area contributed by atoms with Gasteiger partial charge in [-0.3, -0.25) is 4.79 Å². The molecular formula is C17H23Cl2FN6O. The van der Waals surface area contributed by atoms with E-state index in [1.807, 2.05) is 0 Å². The van der Waals surface area contributed by atoms with Gasteiger partial charge in [-0.2, -0.15) is 0 Å². The van der Waals surface area contributed by atoms with Crippen molar-refractivity contribution < 1.29 is 9.18 Å². The molecule has 1 aliphatic rings. The first-order valence-corrected chi connectivity index (χ1v) is 9.03. The highest BCUT2D eigenvalue weighted by atomic mass is 35.5. The first kappa shape index (κ1) is 21.6. The normalized spacial score (nSPS) is 14.6. The van der Waals surface area contributed by atoms with Crippen LogP contribution >= 0.6 is 24.0 Å². The van der Waals surface area contributed by atoms with Crippen LogP contribution in [0.4, 0.5) is 4.39 Å². The van der Waals surface area contributed by atoms with Crippen LogP contribution in [0.2, 0.25) is 5.02 Å². The number of benzene rings is 1. The number of hydrogen-bond donors (Lipinski definition) is 2. The molecule has 2 aromatic rings. The Balaban J connectivity index is 0.00000261. The zero-order valence-electron chi connectivity index (χ0n) is 15.0. The molecular weight excluding hydrogens is 394 g/mol. The Morgan fingerprint density at radius 2 is 2.11 bits per heavy atom. The fourth-order valence-corrected chi connectivity index (χ4v) is 3.10. The molecule has 27 heavy (non-hydrogen) atoms. The fourth-order valence-electron chi connectivity index (χ4n) is 2.92. The van der Waals surface area contributed by atoms with Crippen LogP contribution < -0.4 is 10.6 Å². The van der Waals surface area contributed by atoms with Crippen LogP contribution in [-0.4, -0.2) is 65.1 Å². The summed E-state index contributed by atoms with van der Waals surface area (Å²) in [4.78, 5) is 14.7. The molecule has 0 bridgehead atoms. The standard InChI is InChI=1S/C17H22ClFN6O.ClH/c1-12-16(17(26)21-5-2-8-24-9-6-20-7-10-24)22-23-25(12)13-3-4-15(19)14(18)11-13;/h3-4,11,20H,2,5-10H2,1H3,(H,21,26);1H. The third-order valence-electron chi connectivity index (χ3n) is 4.40. The number of carbonyl (C=O) groups is 1. The smallest absolute Gasteiger partial charge is 0.273 e. The van der Waals surface area contributed by atoms with Crippen LogP contribution in [0.1, 0.15) is 22.6 Å². The van der Waals surface area contributed by atoms with Crippen molar-refractivity contribution >= 4 is 29.9 Å². The van der Waals surface area contributed by atoms with Crippen molar-refractivity contribution in [2.45, 2.75) is 13.3 Å². The lowest BCUT2D eigenvalue weighted by Gasteiger charge is -2.26. The van der Waals surface area contributed by atoms with Crippen LogP contribution in [-0.2, 0) is 0 Å². The van der Waals surface area contributed by atoms with Crippen LogP contribution in [0.15, 0.2) is 18.2 Å². The second-order valence-corrected chi connectivity index (χ2v) is 6.64. The van der Waals surface area contributed by atoms with Gasteiger partial charge in [0, 0.05) is 32.7 Å². The predicted molar refractivity (Wildman–Crippen MR) is 105 cm³/mol. The third-order valence-corrected chi connectivity index (χ3v) is 4.69. The molecule has 1 aromatic heterocycles. The van der Waals surface area contributed by atoms with Crippen molar-refractivity contribution in [3.63, 3.8) is 0 Å². The molecule has 1 aliphatic heterocycles. The van der Waals surface area contributed by atoms with E-state index in [9.17, 15) is 9.18 Å². The molecule has 7 nitrogen and oxygen atoms in total. The molecule has 0 saturated carbocycles. The van der Waals surface area contributed by atoms with Gasteiger partial charge in [-0.1, -0.05) is 16.8 Å². The summed E-state index contributed by atoms with van der Waals surface area (Å²) >= 11 is 5.81. The molecule has 1 fully saturated rings. The van der Waals surface area contributed by atoms with Crippen molar-refractivity contribution in [1.29, 1.82) is 0 Å². The molecule has 1 saturated heterocycles. The molecule has 3 rings (SSSR count). The Kier molecular flexibility index (Phi) is 7.97. The maximum absolute atomic E-state index is 13.3. The van der Waals surface area contributed by atoms with E-state index in [0.29, 0.717) is 17.9 Å². The van der Waals surface area contributed by atoms with Crippen molar-refractivity contribution in [1.82, 2.24) is 30.5 Å². The van der Waals surface area contributed by atoms with Crippen molar-refractivity contribution in [2.75, 3.05) is 39.3 Å². The molecule has 0 radical (unpaired) electrons. The van der Waals surface area contributed by atoms with Gasteiger partial charge in [0.05, 0.1) is 16.4 Å².